The van der Waals surface area contributed by atoms with Gasteiger partial charge < -0.3 is 10.2 Å². The van der Waals surface area contributed by atoms with Gasteiger partial charge in [0, 0.05) is 25.7 Å². The molecule has 0 bridgehead atoms. The van der Waals surface area contributed by atoms with E-state index >= 15 is 0 Å². The molecule has 2 aromatic heterocycles. The Morgan fingerprint density at radius 2 is 2.32 bits per heavy atom. The van der Waals surface area contributed by atoms with Crippen LogP contribution in [0, 0.1) is 5.82 Å². The van der Waals surface area contributed by atoms with Crippen molar-refractivity contribution in [3.63, 3.8) is 0 Å². The van der Waals surface area contributed by atoms with Crippen LogP contribution in [0.25, 0.3) is 11.5 Å². The zero-order chi connectivity index (χ0) is 13.2. The highest BCUT2D eigenvalue weighted by Gasteiger charge is 2.19. The molecule has 0 spiro atoms. The fourth-order valence-corrected chi connectivity index (χ4v) is 2.14. The van der Waals surface area contributed by atoms with Crippen LogP contribution in [0.1, 0.15) is 6.92 Å². The highest BCUT2D eigenvalue weighted by Crippen LogP contribution is 2.16. The fourth-order valence-electron chi connectivity index (χ4n) is 2.14. The van der Waals surface area contributed by atoms with Gasteiger partial charge in [-0.3, -0.25) is 5.10 Å². The van der Waals surface area contributed by atoms with Crippen LogP contribution in [0.15, 0.2) is 18.3 Å². The summed E-state index contributed by atoms with van der Waals surface area (Å²) in [6.45, 7) is 4.79. The number of nitrogens with one attached hydrogen (secondary N) is 2. The van der Waals surface area contributed by atoms with Crippen LogP contribution in [0.3, 0.4) is 0 Å². The summed E-state index contributed by atoms with van der Waals surface area (Å²) in [5.74, 6) is 0.857. The quantitative estimate of drug-likeness (QED) is 0.838. The van der Waals surface area contributed by atoms with Crippen LogP contribution in [0.2, 0.25) is 0 Å². The summed E-state index contributed by atoms with van der Waals surface area (Å²) >= 11 is 0. The number of halogens is 1. The van der Waals surface area contributed by atoms with E-state index in [9.17, 15) is 4.39 Å². The third kappa shape index (κ3) is 2.55. The van der Waals surface area contributed by atoms with E-state index in [1.807, 2.05) is 0 Å². The topological polar surface area (TPSA) is 69.7 Å². The number of anilines is 1. The minimum atomic E-state index is -0.362. The Balaban J connectivity index is 1.81. The minimum absolute atomic E-state index is 0.362. The number of aromatic nitrogens is 4. The molecular weight excluding hydrogens is 247 g/mol. The maximum atomic E-state index is 12.8. The number of nitrogens with zero attached hydrogens (tertiary/aromatic N) is 4. The van der Waals surface area contributed by atoms with Crippen molar-refractivity contribution in [1.29, 1.82) is 0 Å². The van der Waals surface area contributed by atoms with Gasteiger partial charge in [-0.2, -0.15) is 4.98 Å². The lowest BCUT2D eigenvalue weighted by atomic mass is 10.2. The summed E-state index contributed by atoms with van der Waals surface area (Å²) in [5, 5.41) is 10.4. The molecule has 0 saturated carbocycles. The van der Waals surface area contributed by atoms with Crippen molar-refractivity contribution >= 4 is 5.95 Å². The molecule has 1 aliphatic heterocycles. The van der Waals surface area contributed by atoms with E-state index in [1.165, 1.54) is 12.3 Å². The molecule has 100 valence electrons. The first-order valence-corrected chi connectivity index (χ1v) is 6.25. The van der Waals surface area contributed by atoms with Crippen LogP contribution < -0.4 is 10.2 Å². The van der Waals surface area contributed by atoms with E-state index in [1.54, 1.807) is 6.07 Å². The molecule has 1 aliphatic rings. The third-order valence-electron chi connectivity index (χ3n) is 3.10. The van der Waals surface area contributed by atoms with Gasteiger partial charge in [-0.05, 0) is 19.1 Å². The molecule has 1 fully saturated rings. The van der Waals surface area contributed by atoms with Gasteiger partial charge in [0.25, 0.3) is 0 Å². The van der Waals surface area contributed by atoms with E-state index < -0.39 is 0 Å². The van der Waals surface area contributed by atoms with Crippen LogP contribution >= 0.6 is 0 Å². The summed E-state index contributed by atoms with van der Waals surface area (Å²) in [4.78, 5) is 10.5. The van der Waals surface area contributed by atoms with Crippen molar-refractivity contribution < 1.29 is 4.39 Å². The number of rotatable bonds is 2. The van der Waals surface area contributed by atoms with E-state index in [0.29, 0.717) is 23.5 Å². The van der Waals surface area contributed by atoms with E-state index in [2.05, 4.69) is 37.3 Å². The van der Waals surface area contributed by atoms with Gasteiger partial charge in [0.2, 0.25) is 5.95 Å². The van der Waals surface area contributed by atoms with Gasteiger partial charge in [-0.1, -0.05) is 0 Å². The maximum absolute atomic E-state index is 12.8. The summed E-state index contributed by atoms with van der Waals surface area (Å²) in [6.07, 6.45) is 1.17. The monoisotopic (exact) mass is 262 g/mol. The first kappa shape index (κ1) is 12.0. The van der Waals surface area contributed by atoms with Crippen molar-refractivity contribution in [2.24, 2.45) is 0 Å². The zero-order valence-electron chi connectivity index (χ0n) is 10.6. The van der Waals surface area contributed by atoms with Crippen LogP contribution in [-0.2, 0) is 0 Å². The van der Waals surface area contributed by atoms with Gasteiger partial charge in [0.1, 0.15) is 11.5 Å². The van der Waals surface area contributed by atoms with Crippen LogP contribution in [0.5, 0.6) is 0 Å². The van der Waals surface area contributed by atoms with Gasteiger partial charge in [0.05, 0.1) is 6.20 Å². The fraction of sp³-hybridized carbons (Fsp3) is 0.417. The molecule has 2 N–H and O–H groups in total. The Labute approximate surface area is 110 Å². The molecule has 6 nitrogen and oxygen atoms in total. The molecule has 1 atom stereocenters. The average molecular weight is 262 g/mol. The van der Waals surface area contributed by atoms with Crippen molar-refractivity contribution in [3.8, 4) is 11.5 Å². The second-order valence-electron chi connectivity index (χ2n) is 4.65. The molecule has 0 aliphatic carbocycles. The predicted molar refractivity (Wildman–Crippen MR) is 69.2 cm³/mol. The molecule has 3 rings (SSSR count). The number of pyridine rings is 1. The number of piperazine rings is 1. The summed E-state index contributed by atoms with van der Waals surface area (Å²) < 4.78 is 12.8. The van der Waals surface area contributed by atoms with Crippen molar-refractivity contribution in [1.82, 2.24) is 25.5 Å². The Bertz CT molecular complexity index is 552. The summed E-state index contributed by atoms with van der Waals surface area (Å²) in [5.41, 5.74) is 0.586. The lowest BCUT2D eigenvalue weighted by Gasteiger charge is -2.30. The molecule has 0 unspecified atom stereocenters. The molecule has 19 heavy (non-hydrogen) atoms. The van der Waals surface area contributed by atoms with E-state index in [4.69, 9.17) is 0 Å². The standard InChI is InChI=1S/C12H15FN6/c1-8-7-19(5-4-14-8)12-16-11(17-18-12)10-3-2-9(13)6-15-10/h2-3,6,8,14H,4-5,7H2,1H3,(H,16,17,18)/t8-/m0/s1. The second kappa shape index (κ2) is 4.93. The smallest absolute Gasteiger partial charge is 0.245 e. The number of aromatic amines is 1. The highest BCUT2D eigenvalue weighted by atomic mass is 19.1. The van der Waals surface area contributed by atoms with Crippen LogP contribution in [-0.4, -0.2) is 45.8 Å². The van der Waals surface area contributed by atoms with Crippen molar-refractivity contribution in [2.75, 3.05) is 24.5 Å². The first-order valence-electron chi connectivity index (χ1n) is 6.25. The lowest BCUT2D eigenvalue weighted by molar-refractivity contribution is 0.480. The first-order chi connectivity index (χ1) is 9.22. The summed E-state index contributed by atoms with van der Waals surface area (Å²) in [7, 11) is 0. The Morgan fingerprint density at radius 3 is 3.05 bits per heavy atom. The highest BCUT2D eigenvalue weighted by molar-refractivity contribution is 5.50. The Morgan fingerprint density at radius 1 is 1.42 bits per heavy atom. The number of hydrogen-bond donors (Lipinski definition) is 2. The van der Waals surface area contributed by atoms with Crippen molar-refractivity contribution in [2.45, 2.75) is 13.0 Å². The molecular formula is C12H15FN6. The minimum Gasteiger partial charge on any atom is -0.337 e. The normalized spacial score (nSPS) is 19.7. The molecule has 0 radical (unpaired) electrons. The Hall–Kier alpha value is -2.02. The van der Waals surface area contributed by atoms with Gasteiger partial charge in [-0.15, -0.1) is 5.10 Å². The maximum Gasteiger partial charge on any atom is 0.245 e. The molecule has 0 amide bonds. The molecule has 1 saturated heterocycles. The third-order valence-corrected chi connectivity index (χ3v) is 3.10. The molecule has 2 aromatic rings. The molecule has 7 heteroatoms. The zero-order valence-corrected chi connectivity index (χ0v) is 10.6. The lowest BCUT2D eigenvalue weighted by Crippen LogP contribution is -2.49. The second-order valence-corrected chi connectivity index (χ2v) is 4.65. The molecule has 3 heterocycles. The molecule has 0 aromatic carbocycles. The number of H-pyrrole nitrogens is 1. The predicted octanol–water partition coefficient (Wildman–Crippen LogP) is 0.804. The largest absolute Gasteiger partial charge is 0.337 e. The average Bonchev–Trinajstić information content (AvgIpc) is 2.89. The summed E-state index contributed by atoms with van der Waals surface area (Å²) in [6, 6.07) is 3.36. The van der Waals surface area contributed by atoms with Gasteiger partial charge >= 0.3 is 0 Å². The SMILES string of the molecule is C[C@H]1CN(c2n[nH]c(-c3ccc(F)cn3)n2)CCN1. The van der Waals surface area contributed by atoms with E-state index in [-0.39, 0.29) is 5.82 Å². The number of hydrogen-bond acceptors (Lipinski definition) is 5. The van der Waals surface area contributed by atoms with Gasteiger partial charge in [-0.25, -0.2) is 9.37 Å². The van der Waals surface area contributed by atoms with Crippen LogP contribution in [0.4, 0.5) is 10.3 Å². The van der Waals surface area contributed by atoms with Gasteiger partial charge in [0.15, 0.2) is 5.82 Å². The van der Waals surface area contributed by atoms with E-state index in [0.717, 1.165) is 19.6 Å². The van der Waals surface area contributed by atoms with Crippen molar-refractivity contribution in [3.05, 3.63) is 24.1 Å². The Kier molecular flexibility index (Phi) is 3.12.